The molecule has 142 valence electrons. The van der Waals surface area contributed by atoms with Crippen LogP contribution in [0.4, 0.5) is 9.18 Å². The molecule has 0 aliphatic rings. The van der Waals surface area contributed by atoms with Crippen LogP contribution < -0.4 is 10.6 Å². The van der Waals surface area contributed by atoms with E-state index in [9.17, 15) is 18.8 Å². The Hall–Kier alpha value is -3.42. The van der Waals surface area contributed by atoms with E-state index in [0.717, 1.165) is 5.69 Å². The van der Waals surface area contributed by atoms with E-state index >= 15 is 0 Å². The lowest BCUT2D eigenvalue weighted by Gasteiger charge is -2.10. The summed E-state index contributed by atoms with van der Waals surface area (Å²) in [5.74, 6) is -1.81. The second-order valence-electron chi connectivity index (χ2n) is 5.72. The van der Waals surface area contributed by atoms with Crippen molar-refractivity contribution in [2.75, 3.05) is 13.2 Å². The molecule has 0 fully saturated rings. The van der Waals surface area contributed by atoms with Gasteiger partial charge in [0.25, 0.3) is 5.91 Å². The van der Waals surface area contributed by atoms with Crippen LogP contribution >= 0.6 is 0 Å². The predicted octanol–water partition coefficient (Wildman–Crippen LogP) is 2.40. The van der Waals surface area contributed by atoms with E-state index in [0.29, 0.717) is 11.4 Å². The Morgan fingerprint density at radius 3 is 2.52 bits per heavy atom. The van der Waals surface area contributed by atoms with E-state index in [-0.39, 0.29) is 17.9 Å². The smallest absolute Gasteiger partial charge is 0.340 e. The van der Waals surface area contributed by atoms with Crippen molar-refractivity contribution in [1.82, 2.24) is 15.2 Å². The number of esters is 1. The van der Waals surface area contributed by atoms with Gasteiger partial charge < -0.3 is 14.6 Å². The number of hydrogen-bond donors (Lipinski definition) is 2. The fourth-order valence-electron chi connectivity index (χ4n) is 2.54. The molecule has 0 atom stereocenters. The zero-order valence-electron chi connectivity index (χ0n) is 15.0. The SMILES string of the molecule is C=CCNC(=O)NC(=O)COC(=O)c1cc(C)n(-c2ccc(F)cc2)c1C. The minimum Gasteiger partial charge on any atom is -0.452 e. The molecule has 0 saturated heterocycles. The van der Waals surface area contributed by atoms with Gasteiger partial charge in [-0.3, -0.25) is 10.1 Å². The molecule has 7 nitrogen and oxygen atoms in total. The number of halogens is 1. The minimum absolute atomic E-state index is 0.203. The standard InChI is InChI=1S/C19H20FN3O4/c1-4-9-21-19(26)22-17(24)11-27-18(25)16-10-12(2)23(13(16)3)15-7-5-14(20)6-8-15/h4-8,10H,1,9,11H2,2-3H3,(H2,21,22,24,26). The van der Waals surface area contributed by atoms with Crippen LogP contribution in [0.5, 0.6) is 0 Å². The molecule has 8 heteroatoms. The third kappa shape index (κ3) is 5.04. The summed E-state index contributed by atoms with van der Waals surface area (Å²) in [6.45, 7) is 6.55. The Kier molecular flexibility index (Phi) is 6.48. The molecule has 0 unspecified atom stereocenters. The molecular weight excluding hydrogens is 353 g/mol. The van der Waals surface area contributed by atoms with Crippen LogP contribution in [-0.2, 0) is 9.53 Å². The molecule has 0 spiro atoms. The summed E-state index contributed by atoms with van der Waals surface area (Å²) < 4.78 is 19.9. The van der Waals surface area contributed by atoms with E-state index in [1.807, 2.05) is 5.32 Å². The molecule has 1 heterocycles. The molecule has 2 rings (SSSR count). The van der Waals surface area contributed by atoms with Gasteiger partial charge >= 0.3 is 12.0 Å². The summed E-state index contributed by atoms with van der Waals surface area (Å²) in [6.07, 6.45) is 1.46. The first-order valence-electron chi connectivity index (χ1n) is 8.14. The molecule has 0 saturated carbocycles. The topological polar surface area (TPSA) is 89.4 Å². The van der Waals surface area contributed by atoms with E-state index in [1.165, 1.54) is 18.2 Å². The van der Waals surface area contributed by atoms with Crippen molar-refractivity contribution in [2.24, 2.45) is 0 Å². The second kappa shape index (κ2) is 8.79. The average molecular weight is 373 g/mol. The molecule has 0 aliphatic carbocycles. The Balaban J connectivity index is 2.04. The van der Waals surface area contributed by atoms with E-state index in [4.69, 9.17) is 4.74 Å². The van der Waals surface area contributed by atoms with Crippen molar-refractivity contribution in [2.45, 2.75) is 13.8 Å². The minimum atomic E-state index is -0.753. The number of rotatable bonds is 6. The van der Waals surface area contributed by atoms with Crippen molar-refractivity contribution < 1.29 is 23.5 Å². The number of aromatic nitrogens is 1. The molecule has 2 N–H and O–H groups in total. The highest BCUT2D eigenvalue weighted by Crippen LogP contribution is 2.21. The first-order chi connectivity index (χ1) is 12.8. The van der Waals surface area contributed by atoms with E-state index in [1.54, 1.807) is 36.6 Å². The number of carbonyl (C=O) groups excluding carboxylic acids is 3. The maximum atomic E-state index is 13.1. The monoisotopic (exact) mass is 373 g/mol. The molecule has 1 aromatic heterocycles. The number of carbonyl (C=O) groups is 3. The van der Waals surface area contributed by atoms with Crippen LogP contribution in [0.25, 0.3) is 5.69 Å². The van der Waals surface area contributed by atoms with Gasteiger partial charge in [0.15, 0.2) is 6.61 Å². The molecule has 0 aliphatic heterocycles. The largest absolute Gasteiger partial charge is 0.452 e. The Morgan fingerprint density at radius 2 is 1.89 bits per heavy atom. The fourth-order valence-corrected chi connectivity index (χ4v) is 2.54. The van der Waals surface area contributed by atoms with Gasteiger partial charge in [-0.05, 0) is 44.2 Å². The Labute approximate surface area is 155 Å². The van der Waals surface area contributed by atoms with Crippen molar-refractivity contribution in [3.8, 4) is 5.69 Å². The number of imide groups is 1. The normalized spacial score (nSPS) is 10.2. The molecule has 3 amide bonds. The number of nitrogens with one attached hydrogen (secondary N) is 2. The van der Waals surface area contributed by atoms with E-state index in [2.05, 4.69) is 11.9 Å². The summed E-state index contributed by atoms with van der Waals surface area (Å²) in [5.41, 5.74) is 2.32. The van der Waals surface area contributed by atoms with Gasteiger partial charge in [0.2, 0.25) is 0 Å². The molecule has 0 radical (unpaired) electrons. The second-order valence-corrected chi connectivity index (χ2v) is 5.72. The Morgan fingerprint density at radius 1 is 1.22 bits per heavy atom. The fraction of sp³-hybridized carbons (Fsp3) is 0.211. The summed E-state index contributed by atoms with van der Waals surface area (Å²) >= 11 is 0. The van der Waals surface area contributed by atoms with Crippen LogP contribution in [0.2, 0.25) is 0 Å². The zero-order chi connectivity index (χ0) is 20.0. The van der Waals surface area contributed by atoms with Gasteiger partial charge in [-0.2, -0.15) is 0 Å². The highest BCUT2D eigenvalue weighted by molar-refractivity contribution is 5.97. The lowest BCUT2D eigenvalue weighted by molar-refractivity contribution is -0.123. The lowest BCUT2D eigenvalue weighted by Crippen LogP contribution is -2.41. The molecule has 1 aromatic carbocycles. The van der Waals surface area contributed by atoms with Gasteiger partial charge in [-0.15, -0.1) is 6.58 Å². The summed E-state index contributed by atoms with van der Waals surface area (Å²) in [4.78, 5) is 35.3. The van der Waals surface area contributed by atoms with Crippen molar-refractivity contribution in [3.05, 3.63) is 65.8 Å². The van der Waals surface area contributed by atoms with Gasteiger partial charge in [0.05, 0.1) is 5.56 Å². The molecule has 0 bridgehead atoms. The number of nitrogens with zero attached hydrogens (tertiary/aromatic N) is 1. The molecule has 2 aromatic rings. The Bertz CT molecular complexity index is 872. The van der Waals surface area contributed by atoms with Crippen molar-refractivity contribution in [1.29, 1.82) is 0 Å². The number of aryl methyl sites for hydroxylation is 1. The van der Waals surface area contributed by atoms with Gasteiger partial charge in [-0.1, -0.05) is 6.08 Å². The number of ether oxygens (including phenoxy) is 1. The first-order valence-corrected chi connectivity index (χ1v) is 8.14. The third-order valence-electron chi connectivity index (χ3n) is 3.73. The highest BCUT2D eigenvalue weighted by atomic mass is 19.1. The summed E-state index contributed by atoms with van der Waals surface area (Å²) in [5, 5.41) is 4.39. The van der Waals surface area contributed by atoms with Crippen molar-refractivity contribution in [3.63, 3.8) is 0 Å². The van der Waals surface area contributed by atoms with Crippen LogP contribution in [0.3, 0.4) is 0 Å². The lowest BCUT2D eigenvalue weighted by atomic mass is 10.2. The molecular formula is C19H20FN3O4. The third-order valence-corrected chi connectivity index (χ3v) is 3.73. The molecule has 27 heavy (non-hydrogen) atoms. The number of urea groups is 1. The van der Waals surface area contributed by atoms with Gasteiger partial charge in [0.1, 0.15) is 5.82 Å². The maximum Gasteiger partial charge on any atom is 0.340 e. The summed E-state index contributed by atoms with van der Waals surface area (Å²) in [6, 6.07) is 6.77. The van der Waals surface area contributed by atoms with Crippen LogP contribution in [0.1, 0.15) is 21.7 Å². The number of benzene rings is 1. The zero-order valence-corrected chi connectivity index (χ0v) is 15.0. The number of amides is 3. The van der Waals surface area contributed by atoms with Crippen LogP contribution in [-0.4, -0.2) is 35.6 Å². The van der Waals surface area contributed by atoms with Crippen LogP contribution in [0.15, 0.2) is 43.0 Å². The average Bonchev–Trinajstić information content (AvgIpc) is 2.93. The summed E-state index contributed by atoms with van der Waals surface area (Å²) in [7, 11) is 0. The highest BCUT2D eigenvalue weighted by Gasteiger charge is 2.19. The maximum absolute atomic E-state index is 13.1. The van der Waals surface area contributed by atoms with Crippen molar-refractivity contribution >= 4 is 17.9 Å². The van der Waals surface area contributed by atoms with Gasteiger partial charge in [0, 0.05) is 23.6 Å². The quantitative estimate of drug-likeness (QED) is 0.601. The predicted molar refractivity (Wildman–Crippen MR) is 97.2 cm³/mol. The number of hydrogen-bond acceptors (Lipinski definition) is 4. The van der Waals surface area contributed by atoms with E-state index < -0.39 is 24.5 Å². The first kappa shape index (κ1) is 19.9. The van der Waals surface area contributed by atoms with Gasteiger partial charge in [-0.25, -0.2) is 14.0 Å². The van der Waals surface area contributed by atoms with Crippen LogP contribution in [0, 0.1) is 19.7 Å².